The fourth-order valence-corrected chi connectivity index (χ4v) is 3.30. The molecule has 1 amide bonds. The molecule has 0 radical (unpaired) electrons. The molecule has 2 rings (SSSR count). The number of methoxy groups -OCH3 is 1. The van der Waals surface area contributed by atoms with Crippen molar-refractivity contribution in [1.29, 1.82) is 0 Å². The summed E-state index contributed by atoms with van der Waals surface area (Å²) in [6, 6.07) is 1.67. The smallest absolute Gasteiger partial charge is 0.248 e. The lowest BCUT2D eigenvalue weighted by molar-refractivity contribution is -0.111. The van der Waals surface area contributed by atoms with Crippen molar-refractivity contribution in [2.45, 2.75) is 45.1 Å². The number of hydrogen-bond acceptors (Lipinski definition) is 4. The van der Waals surface area contributed by atoms with Crippen molar-refractivity contribution in [3.63, 3.8) is 0 Å². The van der Waals surface area contributed by atoms with E-state index in [2.05, 4.69) is 16.9 Å². The van der Waals surface area contributed by atoms with Crippen LogP contribution >= 0.6 is 0 Å². The molecule has 0 saturated heterocycles. The zero-order valence-electron chi connectivity index (χ0n) is 15.7. The van der Waals surface area contributed by atoms with Crippen LogP contribution in [-0.4, -0.2) is 29.0 Å². The molecule has 1 heterocycles. The van der Waals surface area contributed by atoms with E-state index in [1.807, 2.05) is 12.2 Å². The van der Waals surface area contributed by atoms with Gasteiger partial charge >= 0.3 is 0 Å². The number of nitrogens with one attached hydrogen (secondary N) is 1. The van der Waals surface area contributed by atoms with E-state index >= 15 is 0 Å². The summed E-state index contributed by atoms with van der Waals surface area (Å²) in [6.07, 6.45) is 7.33. The van der Waals surface area contributed by atoms with Crippen molar-refractivity contribution in [2.75, 3.05) is 12.4 Å². The maximum Gasteiger partial charge on any atom is 0.248 e. The van der Waals surface area contributed by atoms with Crippen LogP contribution in [0.25, 0.3) is 6.08 Å². The lowest BCUT2D eigenvalue weighted by Crippen LogP contribution is -2.28. The lowest BCUT2D eigenvalue weighted by atomic mass is 9.79. The Morgan fingerprint density at radius 2 is 2.11 bits per heavy atom. The third kappa shape index (κ3) is 5.60. The minimum absolute atomic E-state index is 0.206. The largest absolute Gasteiger partial charge is 0.481 e. The van der Waals surface area contributed by atoms with E-state index in [1.54, 1.807) is 6.07 Å². The number of allylic oxidation sites excluding steroid dienone is 1. The van der Waals surface area contributed by atoms with Crippen molar-refractivity contribution in [2.24, 2.45) is 11.8 Å². The topological polar surface area (TPSA) is 71.5 Å². The molecule has 1 saturated carbocycles. The number of aliphatic hydroxyl groups is 1. The van der Waals surface area contributed by atoms with E-state index in [1.165, 1.54) is 7.11 Å². The molecule has 1 aliphatic carbocycles. The summed E-state index contributed by atoms with van der Waals surface area (Å²) >= 11 is 0. The first kappa shape index (κ1) is 21.0. The van der Waals surface area contributed by atoms with E-state index in [-0.39, 0.29) is 18.2 Å². The third-order valence-corrected chi connectivity index (χ3v) is 4.92. The molecular formula is C20H26F2N2O3. The zero-order chi connectivity index (χ0) is 20.0. The molecule has 0 aliphatic heterocycles. The Bertz CT molecular complexity index is 706. The van der Waals surface area contributed by atoms with Crippen LogP contribution in [0.3, 0.4) is 0 Å². The van der Waals surface area contributed by atoms with Crippen LogP contribution < -0.4 is 10.1 Å². The fourth-order valence-electron chi connectivity index (χ4n) is 3.30. The molecule has 1 aliphatic rings. The van der Waals surface area contributed by atoms with Gasteiger partial charge in [0.2, 0.25) is 17.7 Å². The molecule has 1 aromatic heterocycles. The van der Waals surface area contributed by atoms with Crippen LogP contribution in [0.4, 0.5) is 14.5 Å². The SMILES string of the molecule is C=CC(=O)Nc1cc(/C=C/C2CCC(C(C)(F)F)CC2)c(OC)nc1CO. The molecule has 0 bridgehead atoms. The van der Waals surface area contributed by atoms with Crippen molar-refractivity contribution in [1.82, 2.24) is 4.98 Å². The summed E-state index contributed by atoms with van der Waals surface area (Å²) in [5.74, 6) is -3.06. The number of anilines is 1. The van der Waals surface area contributed by atoms with Gasteiger partial charge in [-0.1, -0.05) is 18.7 Å². The van der Waals surface area contributed by atoms with E-state index < -0.39 is 17.7 Å². The maximum absolute atomic E-state index is 13.4. The molecule has 7 heteroatoms. The first-order valence-electron chi connectivity index (χ1n) is 8.96. The second-order valence-electron chi connectivity index (χ2n) is 6.86. The Kier molecular flexibility index (Phi) is 7.07. The minimum Gasteiger partial charge on any atom is -0.481 e. The predicted octanol–water partition coefficient (Wildman–Crippen LogP) is 4.18. The van der Waals surface area contributed by atoms with Crippen LogP contribution in [0.1, 0.15) is 43.9 Å². The molecule has 0 aromatic carbocycles. The number of pyridine rings is 1. The molecule has 27 heavy (non-hydrogen) atoms. The summed E-state index contributed by atoms with van der Waals surface area (Å²) < 4.78 is 32.1. The van der Waals surface area contributed by atoms with Gasteiger partial charge in [0.1, 0.15) is 0 Å². The molecular weight excluding hydrogens is 354 g/mol. The number of carbonyl (C=O) groups is 1. The van der Waals surface area contributed by atoms with E-state index in [0.29, 0.717) is 42.8 Å². The first-order valence-corrected chi connectivity index (χ1v) is 8.96. The van der Waals surface area contributed by atoms with Crippen molar-refractivity contribution < 1.29 is 23.4 Å². The van der Waals surface area contributed by atoms with Crippen molar-refractivity contribution in [3.8, 4) is 5.88 Å². The number of aromatic nitrogens is 1. The Morgan fingerprint density at radius 1 is 1.44 bits per heavy atom. The van der Waals surface area contributed by atoms with Gasteiger partial charge in [0.25, 0.3) is 0 Å². The van der Waals surface area contributed by atoms with E-state index in [9.17, 15) is 18.7 Å². The number of halogens is 2. The van der Waals surface area contributed by atoms with Crippen molar-refractivity contribution >= 4 is 17.7 Å². The summed E-state index contributed by atoms with van der Waals surface area (Å²) in [4.78, 5) is 15.8. The second-order valence-corrected chi connectivity index (χ2v) is 6.86. The number of alkyl halides is 2. The highest BCUT2D eigenvalue weighted by atomic mass is 19.3. The number of ether oxygens (including phenoxy) is 1. The first-order chi connectivity index (χ1) is 12.8. The van der Waals surface area contributed by atoms with Gasteiger partial charge in [-0.2, -0.15) is 0 Å². The molecule has 148 valence electrons. The summed E-state index contributed by atoms with van der Waals surface area (Å²) in [7, 11) is 1.47. The fraction of sp³-hybridized carbons (Fsp3) is 0.500. The average Bonchev–Trinajstić information content (AvgIpc) is 2.65. The quantitative estimate of drug-likeness (QED) is 0.696. The van der Waals surface area contributed by atoms with E-state index in [4.69, 9.17) is 4.74 Å². The van der Waals surface area contributed by atoms with Crippen LogP contribution in [0, 0.1) is 11.8 Å². The molecule has 1 aromatic rings. The normalized spacial score (nSPS) is 20.5. The summed E-state index contributed by atoms with van der Waals surface area (Å²) in [6.45, 7) is 4.04. The van der Waals surface area contributed by atoms with Crippen LogP contribution in [-0.2, 0) is 11.4 Å². The number of rotatable bonds is 7. The summed E-state index contributed by atoms with van der Waals surface area (Å²) in [5, 5.41) is 12.1. The number of carbonyl (C=O) groups excluding carboxylic acids is 1. The monoisotopic (exact) mass is 380 g/mol. The highest BCUT2D eigenvalue weighted by Crippen LogP contribution is 2.39. The standard InChI is InChI=1S/C20H26F2N2O3/c1-4-18(26)23-16-11-14(19(27-3)24-17(16)12-25)8-5-13-6-9-15(10-7-13)20(2,21)22/h4-5,8,11,13,15,25H,1,6-7,9-10,12H2,2-3H3,(H,23,26)/b8-5+. The van der Waals surface area contributed by atoms with Gasteiger partial charge < -0.3 is 15.2 Å². The predicted molar refractivity (Wildman–Crippen MR) is 101 cm³/mol. The van der Waals surface area contributed by atoms with Gasteiger partial charge in [-0.05, 0) is 50.7 Å². The van der Waals surface area contributed by atoms with Crippen LogP contribution in [0.2, 0.25) is 0 Å². The number of nitrogens with zero attached hydrogens (tertiary/aromatic N) is 1. The average molecular weight is 380 g/mol. The molecule has 0 atom stereocenters. The molecule has 2 N–H and O–H groups in total. The van der Waals surface area contributed by atoms with Gasteiger partial charge in [0.05, 0.1) is 25.1 Å². The van der Waals surface area contributed by atoms with Gasteiger partial charge in [-0.15, -0.1) is 0 Å². The Balaban J connectivity index is 2.17. The van der Waals surface area contributed by atoms with Gasteiger partial charge in [0, 0.05) is 11.5 Å². The molecule has 1 fully saturated rings. The number of aliphatic hydroxyl groups excluding tert-OH is 1. The maximum atomic E-state index is 13.4. The third-order valence-electron chi connectivity index (χ3n) is 4.92. The van der Waals surface area contributed by atoms with Gasteiger partial charge in [-0.3, -0.25) is 4.79 Å². The highest BCUT2D eigenvalue weighted by molar-refractivity contribution is 5.99. The lowest BCUT2D eigenvalue weighted by Gasteiger charge is -2.30. The Morgan fingerprint density at radius 3 is 2.63 bits per heavy atom. The van der Waals surface area contributed by atoms with Crippen LogP contribution in [0.15, 0.2) is 24.8 Å². The van der Waals surface area contributed by atoms with E-state index in [0.717, 1.165) is 13.0 Å². The summed E-state index contributed by atoms with van der Waals surface area (Å²) in [5.41, 5.74) is 1.29. The minimum atomic E-state index is -2.62. The van der Waals surface area contributed by atoms with Gasteiger partial charge in [-0.25, -0.2) is 13.8 Å². The zero-order valence-corrected chi connectivity index (χ0v) is 15.7. The number of hydrogen-bond donors (Lipinski definition) is 2. The molecule has 0 spiro atoms. The molecule has 0 unspecified atom stereocenters. The van der Waals surface area contributed by atoms with Gasteiger partial charge in [0.15, 0.2) is 0 Å². The Hall–Kier alpha value is -2.28. The van der Waals surface area contributed by atoms with Crippen LogP contribution in [0.5, 0.6) is 5.88 Å². The highest BCUT2D eigenvalue weighted by Gasteiger charge is 2.36. The Labute approximate surface area is 158 Å². The van der Waals surface area contributed by atoms with Crippen molar-refractivity contribution in [3.05, 3.63) is 36.1 Å². The molecule has 5 nitrogen and oxygen atoms in total. The number of amides is 1. The second kappa shape index (κ2) is 9.08.